The standard InChI is InChI=1S/C13H17N5O.C10H13N3/c1-7-4-8(2)10(9(3)5-7)6-18-12(14)11(13(15)19)16-17-18;1-7-4-8(2)10(6-12-13-11)9(3)5-7/h4-5H,6,14H2,1-3H3,(H2,15,19);4-5H,6H2,1-3H3. The maximum Gasteiger partial charge on any atom is 0.273 e. The van der Waals surface area contributed by atoms with E-state index in [-0.39, 0.29) is 11.5 Å². The Kier molecular flexibility index (Phi) is 7.98. The van der Waals surface area contributed by atoms with E-state index in [1.165, 1.54) is 26.9 Å². The molecule has 0 radical (unpaired) electrons. The molecular weight excluding hydrogens is 404 g/mol. The molecule has 0 fully saturated rings. The number of carbonyl (C=O) groups is 1. The van der Waals surface area contributed by atoms with E-state index in [9.17, 15) is 4.79 Å². The van der Waals surface area contributed by atoms with Crippen LogP contribution in [0.3, 0.4) is 0 Å². The molecule has 9 nitrogen and oxygen atoms in total. The van der Waals surface area contributed by atoms with Gasteiger partial charge in [0.05, 0.1) is 13.1 Å². The van der Waals surface area contributed by atoms with Gasteiger partial charge in [0.1, 0.15) is 0 Å². The highest BCUT2D eigenvalue weighted by Gasteiger charge is 2.15. The number of nitrogens with zero attached hydrogens (tertiary/aromatic N) is 6. The number of primary amides is 1. The molecule has 0 aliphatic heterocycles. The summed E-state index contributed by atoms with van der Waals surface area (Å²) in [6.45, 7) is 13.2. The van der Waals surface area contributed by atoms with Gasteiger partial charge in [-0.25, -0.2) is 4.68 Å². The SMILES string of the molecule is Cc1cc(C)c(CN=[N+]=[N-])c(C)c1.Cc1cc(C)c(Cn2nnc(C(N)=O)c2N)c(C)c1. The van der Waals surface area contributed by atoms with Crippen LogP contribution in [-0.4, -0.2) is 20.9 Å². The van der Waals surface area contributed by atoms with Crippen LogP contribution >= 0.6 is 0 Å². The zero-order valence-electron chi connectivity index (χ0n) is 19.5. The van der Waals surface area contributed by atoms with Gasteiger partial charge in [0.25, 0.3) is 5.91 Å². The molecule has 3 aromatic rings. The highest BCUT2D eigenvalue weighted by molar-refractivity contribution is 5.94. The fourth-order valence-corrected chi connectivity index (χ4v) is 3.78. The number of aromatic nitrogens is 3. The Balaban J connectivity index is 0.000000244. The summed E-state index contributed by atoms with van der Waals surface area (Å²) in [5, 5.41) is 11.2. The van der Waals surface area contributed by atoms with Gasteiger partial charge in [0.2, 0.25) is 0 Å². The average Bonchev–Trinajstić information content (AvgIpc) is 3.05. The number of hydrogen-bond donors (Lipinski definition) is 2. The fraction of sp³-hybridized carbons (Fsp3) is 0.348. The second kappa shape index (κ2) is 10.5. The molecule has 1 heterocycles. The monoisotopic (exact) mass is 434 g/mol. The maximum atomic E-state index is 11.1. The summed E-state index contributed by atoms with van der Waals surface area (Å²) in [5.74, 6) is -0.465. The number of carbonyl (C=O) groups excluding carboxylic acids is 1. The first-order valence-electron chi connectivity index (χ1n) is 10.2. The number of aryl methyl sites for hydroxylation is 6. The Hall–Kier alpha value is -3.84. The highest BCUT2D eigenvalue weighted by Crippen LogP contribution is 2.19. The number of nitrogens with two attached hydrogens (primary N) is 2. The molecule has 9 heteroatoms. The van der Waals surface area contributed by atoms with Crippen LogP contribution in [0.1, 0.15) is 55.0 Å². The van der Waals surface area contributed by atoms with Crippen LogP contribution in [0.2, 0.25) is 0 Å². The smallest absolute Gasteiger partial charge is 0.273 e. The third kappa shape index (κ3) is 5.86. The largest absolute Gasteiger partial charge is 0.382 e. The molecule has 3 rings (SSSR count). The normalized spacial score (nSPS) is 10.2. The lowest BCUT2D eigenvalue weighted by Gasteiger charge is -2.11. The second-order valence-electron chi connectivity index (χ2n) is 7.99. The van der Waals surface area contributed by atoms with Crippen molar-refractivity contribution in [2.24, 2.45) is 10.8 Å². The summed E-state index contributed by atoms with van der Waals surface area (Å²) in [6, 6.07) is 8.42. The Morgan fingerprint density at radius 2 is 1.44 bits per heavy atom. The van der Waals surface area contributed by atoms with Gasteiger partial charge < -0.3 is 11.5 Å². The van der Waals surface area contributed by atoms with Crippen LogP contribution in [0.5, 0.6) is 0 Å². The molecular formula is C23H30N8O. The van der Waals surface area contributed by atoms with Gasteiger partial charge >= 0.3 is 0 Å². The molecule has 0 spiro atoms. The molecule has 0 saturated carbocycles. The number of hydrogen-bond acceptors (Lipinski definition) is 5. The van der Waals surface area contributed by atoms with Crippen molar-refractivity contribution in [3.63, 3.8) is 0 Å². The number of nitrogen functional groups attached to an aromatic ring is 1. The summed E-state index contributed by atoms with van der Waals surface area (Å²) >= 11 is 0. The van der Waals surface area contributed by atoms with Crippen molar-refractivity contribution in [2.45, 2.75) is 54.6 Å². The van der Waals surface area contributed by atoms with Crippen molar-refractivity contribution < 1.29 is 4.79 Å². The Morgan fingerprint density at radius 1 is 0.969 bits per heavy atom. The molecule has 0 saturated heterocycles. The van der Waals surface area contributed by atoms with Gasteiger partial charge in [-0.2, -0.15) is 0 Å². The lowest BCUT2D eigenvalue weighted by molar-refractivity contribution is 0.0996. The first kappa shape index (κ1) is 24.4. The quantitative estimate of drug-likeness (QED) is 0.348. The van der Waals surface area contributed by atoms with Gasteiger partial charge in [-0.3, -0.25) is 4.79 Å². The second-order valence-corrected chi connectivity index (χ2v) is 7.99. The van der Waals surface area contributed by atoms with E-state index in [4.69, 9.17) is 17.0 Å². The van der Waals surface area contributed by atoms with Crippen LogP contribution in [0.4, 0.5) is 5.82 Å². The predicted molar refractivity (Wildman–Crippen MR) is 126 cm³/mol. The molecule has 0 bridgehead atoms. The molecule has 32 heavy (non-hydrogen) atoms. The minimum absolute atomic E-state index is 0.0161. The molecule has 4 N–H and O–H groups in total. The zero-order chi connectivity index (χ0) is 24.0. The topological polar surface area (TPSA) is 149 Å². The molecule has 0 atom stereocenters. The molecule has 0 unspecified atom stereocenters. The number of amides is 1. The molecule has 2 aromatic carbocycles. The van der Waals surface area contributed by atoms with Crippen molar-refractivity contribution in [3.8, 4) is 0 Å². The van der Waals surface area contributed by atoms with Crippen molar-refractivity contribution in [3.05, 3.63) is 84.9 Å². The predicted octanol–water partition coefficient (Wildman–Crippen LogP) is 4.35. The van der Waals surface area contributed by atoms with Crippen LogP contribution in [0.15, 0.2) is 29.4 Å². The van der Waals surface area contributed by atoms with E-state index in [0.717, 1.165) is 22.3 Å². The zero-order valence-corrected chi connectivity index (χ0v) is 19.5. The fourth-order valence-electron chi connectivity index (χ4n) is 3.78. The third-order valence-corrected chi connectivity index (χ3v) is 5.29. The van der Waals surface area contributed by atoms with Crippen LogP contribution < -0.4 is 11.5 Å². The number of azide groups is 1. The molecule has 1 aromatic heterocycles. The van der Waals surface area contributed by atoms with Crippen molar-refractivity contribution in [1.82, 2.24) is 15.0 Å². The summed E-state index contributed by atoms with van der Waals surface area (Å²) in [4.78, 5) is 13.9. The van der Waals surface area contributed by atoms with E-state index in [1.807, 2.05) is 27.7 Å². The van der Waals surface area contributed by atoms with E-state index in [1.54, 1.807) is 0 Å². The van der Waals surface area contributed by atoms with Crippen LogP contribution in [0.25, 0.3) is 10.4 Å². The summed E-state index contributed by atoms with van der Waals surface area (Å²) in [7, 11) is 0. The summed E-state index contributed by atoms with van der Waals surface area (Å²) < 4.78 is 1.49. The van der Waals surface area contributed by atoms with Crippen LogP contribution in [-0.2, 0) is 13.1 Å². The average molecular weight is 435 g/mol. The molecule has 0 aliphatic rings. The maximum absolute atomic E-state index is 11.1. The number of anilines is 1. The van der Waals surface area contributed by atoms with E-state index in [2.05, 4.69) is 58.5 Å². The number of benzene rings is 2. The molecule has 0 aliphatic carbocycles. The van der Waals surface area contributed by atoms with Gasteiger partial charge in [0, 0.05) is 4.91 Å². The van der Waals surface area contributed by atoms with Crippen molar-refractivity contribution >= 4 is 11.7 Å². The first-order valence-corrected chi connectivity index (χ1v) is 10.2. The van der Waals surface area contributed by atoms with Gasteiger partial charge in [-0.05, 0) is 80.5 Å². The van der Waals surface area contributed by atoms with E-state index in [0.29, 0.717) is 13.1 Å². The van der Waals surface area contributed by atoms with E-state index < -0.39 is 5.91 Å². The third-order valence-electron chi connectivity index (χ3n) is 5.29. The van der Waals surface area contributed by atoms with Crippen molar-refractivity contribution in [2.75, 3.05) is 5.73 Å². The number of rotatable bonds is 5. The Bertz CT molecular complexity index is 1140. The minimum Gasteiger partial charge on any atom is -0.382 e. The summed E-state index contributed by atoms with van der Waals surface area (Å²) in [5.41, 5.74) is 28.7. The first-order chi connectivity index (χ1) is 15.0. The van der Waals surface area contributed by atoms with Crippen LogP contribution in [0, 0.1) is 41.5 Å². The lowest BCUT2D eigenvalue weighted by atomic mass is 10.00. The van der Waals surface area contributed by atoms with Gasteiger partial charge in [-0.1, -0.05) is 45.7 Å². The van der Waals surface area contributed by atoms with E-state index >= 15 is 0 Å². The Morgan fingerprint density at radius 3 is 1.84 bits per heavy atom. The highest BCUT2D eigenvalue weighted by atomic mass is 16.1. The lowest BCUT2D eigenvalue weighted by Crippen LogP contribution is -2.15. The summed E-state index contributed by atoms with van der Waals surface area (Å²) in [6.07, 6.45) is 0. The molecule has 1 amide bonds. The molecule has 168 valence electrons. The van der Waals surface area contributed by atoms with Gasteiger partial charge in [-0.15, -0.1) is 5.10 Å². The minimum atomic E-state index is -0.666. The Labute approximate surface area is 188 Å². The van der Waals surface area contributed by atoms with Gasteiger partial charge in [0.15, 0.2) is 11.5 Å². The van der Waals surface area contributed by atoms with Crippen molar-refractivity contribution in [1.29, 1.82) is 0 Å².